The first-order valence-corrected chi connectivity index (χ1v) is 11.6. The number of hydrogen-bond donors (Lipinski definition) is 1. The van der Waals surface area contributed by atoms with Gasteiger partial charge in [-0.1, -0.05) is 24.8 Å². The zero-order chi connectivity index (χ0) is 24.8. The highest BCUT2D eigenvalue weighted by Gasteiger charge is 2.46. The average molecular weight is 479 g/mol. The van der Waals surface area contributed by atoms with Crippen LogP contribution < -0.4 is 9.47 Å². The molecule has 0 spiro atoms. The normalized spacial score (nSPS) is 20.1. The van der Waals surface area contributed by atoms with Crippen LogP contribution >= 0.6 is 0 Å². The summed E-state index contributed by atoms with van der Waals surface area (Å²) in [6, 6.07) is 13.2. The van der Waals surface area contributed by atoms with Crippen molar-refractivity contribution < 1.29 is 28.9 Å². The van der Waals surface area contributed by atoms with Crippen molar-refractivity contribution >= 4 is 17.4 Å². The lowest BCUT2D eigenvalue weighted by atomic mass is 9.95. The van der Waals surface area contributed by atoms with Gasteiger partial charge in [-0.05, 0) is 42.0 Å². The molecule has 1 N–H and O–H groups in total. The van der Waals surface area contributed by atoms with Crippen molar-refractivity contribution in [3.8, 4) is 11.5 Å². The largest absolute Gasteiger partial charge is 0.507 e. The maximum Gasteiger partial charge on any atom is 0.295 e. The number of morpholine rings is 1. The summed E-state index contributed by atoms with van der Waals surface area (Å²) < 4.78 is 16.2. The lowest BCUT2D eigenvalue weighted by Crippen LogP contribution is -2.42. The van der Waals surface area contributed by atoms with Gasteiger partial charge in [-0.3, -0.25) is 14.5 Å². The highest BCUT2D eigenvalue weighted by Crippen LogP contribution is 2.40. The molecule has 2 aromatic carbocycles. The third-order valence-corrected chi connectivity index (χ3v) is 6.23. The van der Waals surface area contributed by atoms with E-state index in [2.05, 4.69) is 11.5 Å². The van der Waals surface area contributed by atoms with Crippen molar-refractivity contribution in [2.75, 3.05) is 53.1 Å². The molecule has 1 unspecified atom stereocenters. The molecular weight excluding hydrogens is 448 g/mol. The van der Waals surface area contributed by atoms with E-state index in [9.17, 15) is 14.7 Å². The number of Topliss-reactive ketones (excluding diaryl/α,β-unsaturated/α-hetero) is 1. The minimum absolute atomic E-state index is 0.0712. The zero-order valence-electron chi connectivity index (χ0n) is 19.8. The SMILES string of the molecule is C=CCOc1ccc(C2/C(=C(/O)c3ccc(OC)cc3)C(=O)C(=O)N2CCN2CCOCC2)cc1. The first-order chi connectivity index (χ1) is 17.0. The second-order valence-corrected chi connectivity index (χ2v) is 8.34. The Balaban J connectivity index is 1.70. The third kappa shape index (κ3) is 5.39. The van der Waals surface area contributed by atoms with E-state index in [0.717, 1.165) is 13.1 Å². The maximum atomic E-state index is 13.2. The van der Waals surface area contributed by atoms with E-state index in [0.29, 0.717) is 55.5 Å². The fourth-order valence-electron chi connectivity index (χ4n) is 4.34. The van der Waals surface area contributed by atoms with Crippen LogP contribution in [0.2, 0.25) is 0 Å². The Kier molecular flexibility index (Phi) is 7.84. The Morgan fingerprint density at radius 3 is 2.34 bits per heavy atom. The second-order valence-electron chi connectivity index (χ2n) is 8.34. The van der Waals surface area contributed by atoms with Crippen LogP contribution in [0.15, 0.2) is 66.8 Å². The molecule has 0 bridgehead atoms. The van der Waals surface area contributed by atoms with Gasteiger partial charge in [0.05, 0.1) is 31.9 Å². The first kappa shape index (κ1) is 24.5. The second kappa shape index (κ2) is 11.2. The number of ketones is 1. The number of benzene rings is 2. The molecule has 2 aliphatic heterocycles. The minimum Gasteiger partial charge on any atom is -0.507 e. The van der Waals surface area contributed by atoms with Crippen LogP contribution in [0, 0.1) is 0 Å². The molecule has 2 heterocycles. The number of hydrogen-bond acceptors (Lipinski definition) is 7. The molecule has 2 aliphatic rings. The molecule has 4 rings (SSSR count). The summed E-state index contributed by atoms with van der Waals surface area (Å²) in [5.41, 5.74) is 1.22. The van der Waals surface area contributed by atoms with Crippen LogP contribution in [0.5, 0.6) is 11.5 Å². The molecule has 2 fully saturated rings. The molecule has 184 valence electrons. The topological polar surface area (TPSA) is 88.5 Å². The van der Waals surface area contributed by atoms with Gasteiger partial charge in [0.1, 0.15) is 23.9 Å². The van der Waals surface area contributed by atoms with Crippen molar-refractivity contribution in [3.63, 3.8) is 0 Å². The number of amides is 1. The third-order valence-electron chi connectivity index (χ3n) is 6.23. The van der Waals surface area contributed by atoms with Crippen molar-refractivity contribution in [2.45, 2.75) is 6.04 Å². The van der Waals surface area contributed by atoms with Gasteiger partial charge in [-0.25, -0.2) is 0 Å². The van der Waals surface area contributed by atoms with Gasteiger partial charge in [0.25, 0.3) is 11.7 Å². The quantitative estimate of drug-likeness (QED) is 0.257. The molecule has 1 amide bonds. The molecular formula is C27H30N2O6. The Morgan fingerprint density at radius 1 is 1.06 bits per heavy atom. The van der Waals surface area contributed by atoms with Crippen LogP contribution in [-0.4, -0.2) is 79.7 Å². The predicted octanol–water partition coefficient (Wildman–Crippen LogP) is 3.01. The molecule has 0 radical (unpaired) electrons. The van der Waals surface area contributed by atoms with E-state index in [-0.39, 0.29) is 11.3 Å². The van der Waals surface area contributed by atoms with Crippen LogP contribution in [0.25, 0.3) is 5.76 Å². The molecule has 2 aromatic rings. The Labute approximate surface area is 205 Å². The molecule has 2 saturated heterocycles. The molecule has 0 saturated carbocycles. The Hall–Kier alpha value is -3.62. The van der Waals surface area contributed by atoms with Crippen molar-refractivity contribution in [2.24, 2.45) is 0 Å². The van der Waals surface area contributed by atoms with Crippen LogP contribution in [0.1, 0.15) is 17.2 Å². The number of ether oxygens (including phenoxy) is 3. The molecule has 8 nitrogen and oxygen atoms in total. The average Bonchev–Trinajstić information content (AvgIpc) is 3.16. The number of likely N-dealkylation sites (tertiary alicyclic amines) is 1. The fourth-order valence-corrected chi connectivity index (χ4v) is 4.34. The van der Waals surface area contributed by atoms with E-state index in [1.54, 1.807) is 54.5 Å². The molecule has 0 aliphatic carbocycles. The van der Waals surface area contributed by atoms with Gasteiger partial charge in [-0.2, -0.15) is 0 Å². The number of aliphatic hydroxyl groups is 1. The van der Waals surface area contributed by atoms with E-state index < -0.39 is 17.7 Å². The number of methoxy groups -OCH3 is 1. The van der Waals surface area contributed by atoms with Crippen LogP contribution in [0.3, 0.4) is 0 Å². The highest BCUT2D eigenvalue weighted by atomic mass is 16.5. The van der Waals surface area contributed by atoms with E-state index in [1.807, 2.05) is 12.1 Å². The number of nitrogens with zero attached hydrogens (tertiary/aromatic N) is 2. The van der Waals surface area contributed by atoms with Crippen LogP contribution in [-0.2, 0) is 14.3 Å². The zero-order valence-corrected chi connectivity index (χ0v) is 19.8. The van der Waals surface area contributed by atoms with Crippen molar-refractivity contribution in [3.05, 3.63) is 77.9 Å². The summed E-state index contributed by atoms with van der Waals surface area (Å²) in [6.45, 7) is 7.81. The predicted molar refractivity (Wildman–Crippen MR) is 131 cm³/mol. The smallest absolute Gasteiger partial charge is 0.295 e. The van der Waals surface area contributed by atoms with Gasteiger partial charge in [-0.15, -0.1) is 0 Å². The summed E-state index contributed by atoms with van der Waals surface area (Å²) in [5.74, 6) is -0.257. The lowest BCUT2D eigenvalue weighted by Gasteiger charge is -2.31. The summed E-state index contributed by atoms with van der Waals surface area (Å²) in [4.78, 5) is 30.1. The summed E-state index contributed by atoms with van der Waals surface area (Å²) >= 11 is 0. The van der Waals surface area contributed by atoms with E-state index >= 15 is 0 Å². The van der Waals surface area contributed by atoms with Gasteiger partial charge >= 0.3 is 0 Å². The Morgan fingerprint density at radius 2 is 1.71 bits per heavy atom. The summed E-state index contributed by atoms with van der Waals surface area (Å²) in [5, 5.41) is 11.2. The van der Waals surface area contributed by atoms with Gasteiger partial charge in [0.2, 0.25) is 0 Å². The standard InChI is InChI=1S/C27H30N2O6/c1-3-16-35-22-10-4-19(5-11-22)24-23(25(30)20-6-8-21(33-2)9-7-20)26(31)27(32)29(24)13-12-28-14-17-34-18-15-28/h3-11,24,30H,1,12-18H2,2H3/b25-23-. The molecule has 35 heavy (non-hydrogen) atoms. The number of rotatable bonds is 9. The summed E-state index contributed by atoms with van der Waals surface area (Å²) in [7, 11) is 1.55. The van der Waals surface area contributed by atoms with Crippen LogP contribution in [0.4, 0.5) is 0 Å². The van der Waals surface area contributed by atoms with E-state index in [4.69, 9.17) is 14.2 Å². The number of carbonyl (C=O) groups excluding carboxylic acids is 2. The first-order valence-electron chi connectivity index (χ1n) is 11.6. The molecule has 0 aromatic heterocycles. The minimum atomic E-state index is -0.716. The Bertz CT molecular complexity index is 1090. The summed E-state index contributed by atoms with van der Waals surface area (Å²) in [6.07, 6.45) is 1.66. The maximum absolute atomic E-state index is 13.2. The van der Waals surface area contributed by atoms with Gasteiger partial charge in [0.15, 0.2) is 0 Å². The van der Waals surface area contributed by atoms with Gasteiger partial charge < -0.3 is 24.2 Å². The van der Waals surface area contributed by atoms with Gasteiger partial charge in [0, 0.05) is 31.7 Å². The number of aliphatic hydroxyl groups excluding tert-OH is 1. The molecule has 1 atom stereocenters. The highest BCUT2D eigenvalue weighted by molar-refractivity contribution is 6.46. The van der Waals surface area contributed by atoms with Crippen molar-refractivity contribution in [1.82, 2.24) is 9.80 Å². The molecule has 8 heteroatoms. The number of carbonyl (C=O) groups is 2. The van der Waals surface area contributed by atoms with E-state index in [1.165, 1.54) is 0 Å². The monoisotopic (exact) mass is 478 g/mol. The van der Waals surface area contributed by atoms with Crippen molar-refractivity contribution in [1.29, 1.82) is 0 Å². The fraction of sp³-hybridized carbons (Fsp3) is 0.333. The lowest BCUT2D eigenvalue weighted by molar-refractivity contribution is -0.140.